The van der Waals surface area contributed by atoms with Gasteiger partial charge in [0.1, 0.15) is 0 Å². The van der Waals surface area contributed by atoms with Crippen LogP contribution in [0.15, 0.2) is 0 Å². The molecule has 2 aliphatic rings. The molecule has 1 aromatic heterocycles. The van der Waals surface area contributed by atoms with Crippen LogP contribution in [-0.2, 0) is 6.54 Å². The van der Waals surface area contributed by atoms with E-state index in [2.05, 4.69) is 15.6 Å². The number of aromatic carboxylic acids is 1. The summed E-state index contributed by atoms with van der Waals surface area (Å²) in [7, 11) is 0. The lowest BCUT2D eigenvalue weighted by atomic mass is 10.2. The Labute approximate surface area is 109 Å². The maximum atomic E-state index is 11.4. The molecule has 1 aliphatic heterocycles. The minimum absolute atomic E-state index is 0.0494. The van der Waals surface area contributed by atoms with Gasteiger partial charge in [-0.1, -0.05) is 5.21 Å². The fourth-order valence-electron chi connectivity index (χ4n) is 2.34. The van der Waals surface area contributed by atoms with Gasteiger partial charge in [-0.2, -0.15) is 0 Å². The van der Waals surface area contributed by atoms with E-state index in [0.29, 0.717) is 31.9 Å². The van der Waals surface area contributed by atoms with E-state index in [1.165, 1.54) is 0 Å². The SMILES string of the molecule is O=C(O)c1nnn(CCN2CCNC2=O)c1C1CC1. The maximum Gasteiger partial charge on any atom is 0.358 e. The van der Waals surface area contributed by atoms with Crippen LogP contribution in [0.2, 0.25) is 0 Å². The second-order valence-electron chi connectivity index (χ2n) is 4.84. The molecule has 8 nitrogen and oxygen atoms in total. The second-order valence-corrected chi connectivity index (χ2v) is 4.84. The van der Waals surface area contributed by atoms with Gasteiger partial charge in [0.15, 0.2) is 5.69 Å². The molecule has 2 heterocycles. The first-order chi connectivity index (χ1) is 9.16. The molecule has 0 unspecified atom stereocenters. The van der Waals surface area contributed by atoms with Crippen LogP contribution in [0.1, 0.15) is 34.9 Å². The lowest BCUT2D eigenvalue weighted by molar-refractivity contribution is 0.0689. The van der Waals surface area contributed by atoms with E-state index in [-0.39, 0.29) is 17.6 Å². The highest BCUT2D eigenvalue weighted by molar-refractivity contribution is 5.86. The molecule has 2 N–H and O–H groups in total. The van der Waals surface area contributed by atoms with E-state index < -0.39 is 5.97 Å². The molecule has 1 aliphatic carbocycles. The van der Waals surface area contributed by atoms with Gasteiger partial charge in [0.05, 0.1) is 12.2 Å². The summed E-state index contributed by atoms with van der Waals surface area (Å²) in [5.41, 5.74) is 0.750. The summed E-state index contributed by atoms with van der Waals surface area (Å²) >= 11 is 0. The Hall–Kier alpha value is -2.12. The Kier molecular flexibility index (Phi) is 2.84. The zero-order chi connectivity index (χ0) is 13.4. The van der Waals surface area contributed by atoms with E-state index in [9.17, 15) is 9.59 Å². The smallest absolute Gasteiger partial charge is 0.358 e. The number of hydrogen-bond donors (Lipinski definition) is 2. The maximum absolute atomic E-state index is 11.4. The molecular formula is C11H15N5O3. The first-order valence-corrected chi connectivity index (χ1v) is 6.36. The summed E-state index contributed by atoms with van der Waals surface area (Å²) in [5.74, 6) is -0.777. The van der Waals surface area contributed by atoms with Crippen molar-refractivity contribution < 1.29 is 14.7 Å². The van der Waals surface area contributed by atoms with Crippen LogP contribution in [0.25, 0.3) is 0 Å². The van der Waals surface area contributed by atoms with Gasteiger partial charge in [0.25, 0.3) is 0 Å². The van der Waals surface area contributed by atoms with E-state index in [1.54, 1.807) is 9.58 Å². The molecule has 0 bridgehead atoms. The van der Waals surface area contributed by atoms with E-state index in [4.69, 9.17) is 5.11 Å². The number of carbonyl (C=O) groups is 2. The van der Waals surface area contributed by atoms with Crippen LogP contribution in [0.3, 0.4) is 0 Å². The third-order valence-corrected chi connectivity index (χ3v) is 3.47. The Bertz CT molecular complexity index is 522. The number of hydrogen-bond acceptors (Lipinski definition) is 4. The number of carboxylic acid groups (broad SMARTS) is 1. The normalized spacial score (nSPS) is 18.7. The van der Waals surface area contributed by atoms with Crippen molar-refractivity contribution in [2.75, 3.05) is 19.6 Å². The predicted molar refractivity (Wildman–Crippen MR) is 63.9 cm³/mol. The summed E-state index contributed by atoms with van der Waals surface area (Å²) < 4.78 is 1.63. The van der Waals surface area contributed by atoms with Crippen LogP contribution in [0.5, 0.6) is 0 Å². The molecule has 0 radical (unpaired) electrons. The third kappa shape index (κ3) is 2.25. The second kappa shape index (κ2) is 4.52. The van der Waals surface area contributed by atoms with Crippen LogP contribution in [0, 0.1) is 0 Å². The molecule has 0 aromatic carbocycles. The molecule has 1 aromatic rings. The average molecular weight is 265 g/mol. The van der Waals surface area contributed by atoms with Crippen molar-refractivity contribution in [3.8, 4) is 0 Å². The average Bonchev–Trinajstić information content (AvgIpc) is 2.99. The summed E-state index contributed by atoms with van der Waals surface area (Å²) in [6, 6.07) is -0.0773. The number of amides is 2. The molecule has 3 rings (SSSR count). The van der Waals surface area contributed by atoms with E-state index in [1.807, 2.05) is 0 Å². The van der Waals surface area contributed by atoms with Crippen molar-refractivity contribution in [3.05, 3.63) is 11.4 Å². The van der Waals surface area contributed by atoms with Crippen molar-refractivity contribution in [2.24, 2.45) is 0 Å². The monoisotopic (exact) mass is 265 g/mol. The number of nitrogens with zero attached hydrogens (tertiary/aromatic N) is 4. The first kappa shape index (κ1) is 11.9. The van der Waals surface area contributed by atoms with Crippen molar-refractivity contribution in [2.45, 2.75) is 25.3 Å². The highest BCUT2D eigenvalue weighted by Gasteiger charge is 2.33. The molecular weight excluding hydrogens is 250 g/mol. The zero-order valence-electron chi connectivity index (χ0n) is 10.4. The number of carbonyl (C=O) groups excluding carboxylic acids is 1. The number of aromatic nitrogens is 3. The number of rotatable bonds is 5. The van der Waals surface area contributed by atoms with Gasteiger partial charge in [0.2, 0.25) is 0 Å². The van der Waals surface area contributed by atoms with Crippen molar-refractivity contribution in [3.63, 3.8) is 0 Å². The third-order valence-electron chi connectivity index (χ3n) is 3.47. The quantitative estimate of drug-likeness (QED) is 0.773. The van der Waals surface area contributed by atoms with E-state index in [0.717, 1.165) is 12.8 Å². The van der Waals surface area contributed by atoms with E-state index >= 15 is 0 Å². The molecule has 2 amide bonds. The summed E-state index contributed by atoms with van der Waals surface area (Å²) in [4.78, 5) is 24.2. The summed E-state index contributed by atoms with van der Waals surface area (Å²) in [6.07, 6.45) is 1.97. The van der Waals surface area contributed by atoms with Crippen molar-refractivity contribution in [1.29, 1.82) is 0 Å². The van der Waals surface area contributed by atoms with Crippen molar-refractivity contribution in [1.82, 2.24) is 25.2 Å². The van der Waals surface area contributed by atoms with Crippen LogP contribution in [0.4, 0.5) is 4.79 Å². The minimum Gasteiger partial charge on any atom is -0.476 e. The topological polar surface area (TPSA) is 100 Å². The van der Waals surface area contributed by atoms with Crippen LogP contribution in [-0.4, -0.2) is 56.6 Å². The molecule has 2 fully saturated rings. The Morgan fingerprint density at radius 1 is 1.42 bits per heavy atom. The van der Waals surface area contributed by atoms with Gasteiger partial charge in [-0.25, -0.2) is 14.3 Å². The summed E-state index contributed by atoms with van der Waals surface area (Å²) in [5, 5.41) is 19.5. The molecule has 0 spiro atoms. The molecule has 102 valence electrons. The van der Waals surface area contributed by atoms with Gasteiger partial charge >= 0.3 is 12.0 Å². The van der Waals surface area contributed by atoms with Crippen LogP contribution >= 0.6 is 0 Å². The fraction of sp³-hybridized carbons (Fsp3) is 0.636. The van der Waals surface area contributed by atoms with Gasteiger partial charge in [-0.3, -0.25) is 0 Å². The first-order valence-electron chi connectivity index (χ1n) is 6.36. The number of urea groups is 1. The fourth-order valence-corrected chi connectivity index (χ4v) is 2.34. The molecule has 0 atom stereocenters. The lowest BCUT2D eigenvalue weighted by Crippen LogP contribution is -2.31. The zero-order valence-corrected chi connectivity index (χ0v) is 10.4. The standard InChI is InChI=1S/C11H15N5O3/c17-10(18)8-9(7-1-2-7)16(14-13-8)6-5-15-4-3-12-11(15)19/h7H,1-6H2,(H,12,19)(H,17,18). The van der Waals surface area contributed by atoms with Crippen LogP contribution < -0.4 is 5.32 Å². The number of carboxylic acids is 1. The minimum atomic E-state index is -1.04. The highest BCUT2D eigenvalue weighted by Crippen LogP contribution is 2.41. The lowest BCUT2D eigenvalue weighted by Gasteiger charge is -2.14. The Balaban J connectivity index is 1.73. The molecule has 8 heteroatoms. The number of nitrogens with one attached hydrogen (secondary N) is 1. The summed E-state index contributed by atoms with van der Waals surface area (Å²) in [6.45, 7) is 2.34. The molecule has 1 saturated heterocycles. The van der Waals surface area contributed by atoms with Gasteiger partial charge < -0.3 is 15.3 Å². The van der Waals surface area contributed by atoms with Gasteiger partial charge in [0, 0.05) is 25.6 Å². The largest absolute Gasteiger partial charge is 0.476 e. The molecule has 1 saturated carbocycles. The Morgan fingerprint density at radius 3 is 2.79 bits per heavy atom. The van der Waals surface area contributed by atoms with Gasteiger partial charge in [-0.15, -0.1) is 5.10 Å². The van der Waals surface area contributed by atoms with Crippen molar-refractivity contribution >= 4 is 12.0 Å². The predicted octanol–water partition coefficient (Wildman–Crippen LogP) is -0.121. The van der Waals surface area contributed by atoms with Gasteiger partial charge in [-0.05, 0) is 12.8 Å². The highest BCUT2D eigenvalue weighted by atomic mass is 16.4. The Morgan fingerprint density at radius 2 is 2.21 bits per heavy atom. The molecule has 19 heavy (non-hydrogen) atoms.